The number of rotatable bonds is 3. The van der Waals surface area contributed by atoms with Gasteiger partial charge in [-0.05, 0) is 32.4 Å². The second-order valence-corrected chi connectivity index (χ2v) is 8.21. The molecule has 4 rings (SSSR count). The van der Waals surface area contributed by atoms with Gasteiger partial charge in [0, 0.05) is 31.6 Å². The third-order valence-corrected chi connectivity index (χ3v) is 6.27. The number of anilines is 1. The van der Waals surface area contributed by atoms with Gasteiger partial charge in [0.25, 0.3) is 5.91 Å². The Morgan fingerprint density at radius 2 is 2.07 bits per heavy atom. The van der Waals surface area contributed by atoms with E-state index in [1.807, 2.05) is 12.3 Å². The Bertz CT molecular complexity index is 1030. The van der Waals surface area contributed by atoms with E-state index in [2.05, 4.69) is 15.0 Å². The number of carbonyl (C=O) groups excluding carboxylic acids is 1. The van der Waals surface area contributed by atoms with Crippen molar-refractivity contribution in [3.05, 3.63) is 51.4 Å². The molecular formula is C20H20ClFN4O2S. The van der Waals surface area contributed by atoms with Crippen LogP contribution in [0.2, 0.25) is 5.02 Å². The molecule has 1 saturated heterocycles. The lowest BCUT2D eigenvalue weighted by Crippen LogP contribution is -2.35. The van der Waals surface area contributed by atoms with Gasteiger partial charge in [-0.3, -0.25) is 4.79 Å². The van der Waals surface area contributed by atoms with Crippen molar-refractivity contribution in [2.24, 2.45) is 0 Å². The smallest absolute Gasteiger partial charge is 0.259 e. The molecule has 6 nitrogen and oxygen atoms in total. The molecule has 0 radical (unpaired) electrons. The molecule has 0 bridgehead atoms. The van der Waals surface area contributed by atoms with E-state index in [4.69, 9.17) is 16.1 Å². The highest BCUT2D eigenvalue weighted by atomic mass is 35.5. The largest absolute Gasteiger partial charge is 0.360 e. The summed E-state index contributed by atoms with van der Waals surface area (Å²) in [4.78, 5) is 21.8. The molecule has 0 unspecified atom stereocenters. The molecule has 1 fully saturated rings. The summed E-state index contributed by atoms with van der Waals surface area (Å²) in [7, 11) is 0. The van der Waals surface area contributed by atoms with Crippen molar-refractivity contribution >= 4 is 34.0 Å². The lowest BCUT2D eigenvalue weighted by Gasteiger charge is -2.22. The first kappa shape index (κ1) is 19.8. The maximum absolute atomic E-state index is 14.4. The third kappa shape index (κ3) is 3.86. The van der Waals surface area contributed by atoms with Crippen LogP contribution in [0.3, 0.4) is 0 Å². The monoisotopic (exact) mass is 434 g/mol. The molecule has 0 atom stereocenters. The van der Waals surface area contributed by atoms with Crippen molar-refractivity contribution in [1.82, 2.24) is 15.0 Å². The van der Waals surface area contributed by atoms with Gasteiger partial charge in [-0.1, -0.05) is 22.8 Å². The highest BCUT2D eigenvalue weighted by molar-refractivity contribution is 7.13. The fraction of sp³-hybridized carbons (Fsp3) is 0.350. The van der Waals surface area contributed by atoms with Crippen molar-refractivity contribution in [1.29, 1.82) is 0 Å². The van der Waals surface area contributed by atoms with E-state index >= 15 is 0 Å². The van der Waals surface area contributed by atoms with Crippen molar-refractivity contribution in [2.45, 2.75) is 20.3 Å². The standard InChI is InChI=1S/C20H20ClFN4O2S/c1-12-11-29-20(23-12)26-8-4-7-25(9-10-26)19(27)16-13(2)28-24-18(16)17-14(21)5-3-6-15(17)22/h3,5-6,11H,4,7-10H2,1-2H3. The van der Waals surface area contributed by atoms with Gasteiger partial charge in [0.2, 0.25) is 0 Å². The Morgan fingerprint density at radius 1 is 1.24 bits per heavy atom. The Hall–Kier alpha value is -2.45. The molecule has 9 heteroatoms. The minimum atomic E-state index is -0.541. The number of thiazole rings is 1. The molecule has 3 heterocycles. The minimum absolute atomic E-state index is 0.0871. The van der Waals surface area contributed by atoms with Gasteiger partial charge in [0.05, 0.1) is 16.3 Å². The third-order valence-electron chi connectivity index (χ3n) is 4.94. The number of benzene rings is 1. The van der Waals surface area contributed by atoms with Crippen LogP contribution in [0.4, 0.5) is 9.52 Å². The number of hydrogen-bond acceptors (Lipinski definition) is 6. The number of amides is 1. The molecule has 152 valence electrons. The van der Waals surface area contributed by atoms with Gasteiger partial charge >= 0.3 is 0 Å². The van der Waals surface area contributed by atoms with Gasteiger partial charge in [0.15, 0.2) is 5.13 Å². The molecule has 1 aliphatic rings. The lowest BCUT2D eigenvalue weighted by molar-refractivity contribution is 0.0766. The maximum Gasteiger partial charge on any atom is 0.259 e. The van der Waals surface area contributed by atoms with E-state index in [1.54, 1.807) is 29.2 Å². The summed E-state index contributed by atoms with van der Waals surface area (Å²) in [6.45, 7) is 6.25. The molecule has 2 aromatic heterocycles. The maximum atomic E-state index is 14.4. The second-order valence-electron chi connectivity index (χ2n) is 6.96. The predicted molar refractivity (Wildman–Crippen MR) is 111 cm³/mol. The van der Waals surface area contributed by atoms with Crippen molar-refractivity contribution < 1.29 is 13.7 Å². The summed E-state index contributed by atoms with van der Waals surface area (Å²) >= 11 is 7.80. The van der Waals surface area contributed by atoms with Crippen LogP contribution in [0, 0.1) is 19.7 Å². The predicted octanol–water partition coefficient (Wildman–Crippen LogP) is 4.56. The van der Waals surface area contributed by atoms with Crippen LogP contribution in [-0.4, -0.2) is 47.1 Å². The molecule has 0 spiro atoms. The summed E-state index contributed by atoms with van der Waals surface area (Å²) in [6, 6.07) is 4.37. The van der Waals surface area contributed by atoms with E-state index in [-0.39, 0.29) is 27.8 Å². The molecule has 0 N–H and O–H groups in total. The van der Waals surface area contributed by atoms with Gasteiger partial charge in [-0.2, -0.15) is 0 Å². The normalized spacial score (nSPS) is 14.9. The molecule has 1 aromatic carbocycles. The SMILES string of the molecule is Cc1csc(N2CCCN(C(=O)c3c(-c4c(F)cccc4Cl)noc3C)CC2)n1. The van der Waals surface area contributed by atoms with Crippen LogP contribution in [0.1, 0.15) is 28.2 Å². The van der Waals surface area contributed by atoms with Gasteiger partial charge in [-0.15, -0.1) is 11.3 Å². The van der Waals surface area contributed by atoms with Crippen molar-refractivity contribution in [3.63, 3.8) is 0 Å². The fourth-order valence-electron chi connectivity index (χ4n) is 3.48. The fourth-order valence-corrected chi connectivity index (χ4v) is 4.58. The minimum Gasteiger partial charge on any atom is -0.360 e. The number of carbonyl (C=O) groups is 1. The first-order valence-corrected chi connectivity index (χ1v) is 10.6. The molecule has 29 heavy (non-hydrogen) atoms. The lowest BCUT2D eigenvalue weighted by atomic mass is 10.0. The summed E-state index contributed by atoms with van der Waals surface area (Å²) in [5.74, 6) is -0.419. The van der Waals surface area contributed by atoms with Gasteiger partial charge < -0.3 is 14.3 Å². The van der Waals surface area contributed by atoms with E-state index in [0.29, 0.717) is 25.4 Å². The van der Waals surface area contributed by atoms with Crippen LogP contribution >= 0.6 is 22.9 Å². The summed E-state index contributed by atoms with van der Waals surface area (Å²) in [5, 5.41) is 7.13. The summed E-state index contributed by atoms with van der Waals surface area (Å²) < 4.78 is 19.7. The Kier molecular flexibility index (Phi) is 5.56. The zero-order valence-corrected chi connectivity index (χ0v) is 17.7. The van der Waals surface area contributed by atoms with E-state index in [1.165, 1.54) is 12.1 Å². The Labute approximate surface area is 176 Å². The summed E-state index contributed by atoms with van der Waals surface area (Å²) in [6.07, 6.45) is 0.810. The highest BCUT2D eigenvalue weighted by Crippen LogP contribution is 2.34. The van der Waals surface area contributed by atoms with Crippen LogP contribution < -0.4 is 4.90 Å². The molecule has 0 aliphatic carbocycles. The quantitative estimate of drug-likeness (QED) is 0.604. The highest BCUT2D eigenvalue weighted by Gasteiger charge is 2.30. The number of halogens is 2. The van der Waals surface area contributed by atoms with Gasteiger partial charge in [0.1, 0.15) is 22.8 Å². The van der Waals surface area contributed by atoms with Crippen LogP contribution in [-0.2, 0) is 0 Å². The number of aromatic nitrogens is 2. The topological polar surface area (TPSA) is 62.5 Å². The van der Waals surface area contributed by atoms with Crippen LogP contribution in [0.15, 0.2) is 28.1 Å². The first-order chi connectivity index (χ1) is 14.0. The molecule has 1 aliphatic heterocycles. The average molecular weight is 435 g/mol. The van der Waals surface area contributed by atoms with Gasteiger partial charge in [-0.25, -0.2) is 9.37 Å². The Morgan fingerprint density at radius 3 is 2.79 bits per heavy atom. The zero-order chi connectivity index (χ0) is 20.5. The van der Waals surface area contributed by atoms with Crippen molar-refractivity contribution in [2.75, 3.05) is 31.1 Å². The number of nitrogens with zero attached hydrogens (tertiary/aromatic N) is 4. The molecule has 0 saturated carbocycles. The Balaban J connectivity index is 1.60. The molecular weight excluding hydrogens is 415 g/mol. The second kappa shape index (κ2) is 8.12. The van der Waals surface area contributed by atoms with E-state index in [0.717, 1.165) is 23.8 Å². The van der Waals surface area contributed by atoms with E-state index < -0.39 is 5.82 Å². The first-order valence-electron chi connectivity index (χ1n) is 9.32. The number of aryl methyl sites for hydroxylation is 2. The van der Waals surface area contributed by atoms with Crippen molar-refractivity contribution in [3.8, 4) is 11.3 Å². The summed E-state index contributed by atoms with van der Waals surface area (Å²) in [5.41, 5.74) is 1.49. The molecule has 1 amide bonds. The van der Waals surface area contributed by atoms with E-state index in [9.17, 15) is 9.18 Å². The van der Waals surface area contributed by atoms with Crippen LogP contribution in [0.5, 0.6) is 0 Å². The van der Waals surface area contributed by atoms with Crippen LogP contribution in [0.25, 0.3) is 11.3 Å². The molecule has 3 aromatic rings. The average Bonchev–Trinajstić information content (AvgIpc) is 3.18. The zero-order valence-electron chi connectivity index (χ0n) is 16.1. The number of hydrogen-bond donors (Lipinski definition) is 0.